The first-order valence-electron chi connectivity index (χ1n) is 12.4. The van der Waals surface area contributed by atoms with E-state index in [0.717, 1.165) is 73.4 Å². The SMILES string of the molecule is NCCCn1cc(-c2ccc(N)nc2)c2cc(CN3CCN(Cc4c(Cl)cccc4Cl)CC3)ccc21. The number of piperazine rings is 1. The number of rotatable bonds is 8. The van der Waals surface area contributed by atoms with Crippen molar-refractivity contribution in [1.29, 1.82) is 0 Å². The topological polar surface area (TPSA) is 76.3 Å². The quantitative estimate of drug-likeness (QED) is 0.330. The molecule has 0 amide bonds. The molecule has 4 N–H and O–H groups in total. The molecule has 4 aromatic rings. The van der Waals surface area contributed by atoms with Gasteiger partial charge >= 0.3 is 0 Å². The van der Waals surface area contributed by atoms with Gasteiger partial charge in [-0.15, -0.1) is 0 Å². The maximum Gasteiger partial charge on any atom is 0.123 e. The number of halogens is 2. The first-order valence-corrected chi connectivity index (χ1v) is 13.2. The van der Waals surface area contributed by atoms with E-state index in [0.29, 0.717) is 12.4 Å². The smallest absolute Gasteiger partial charge is 0.123 e. The molecule has 1 aliphatic rings. The van der Waals surface area contributed by atoms with Crippen LogP contribution < -0.4 is 11.5 Å². The Bertz CT molecular complexity index is 1310. The van der Waals surface area contributed by atoms with Gasteiger partial charge in [0.1, 0.15) is 5.82 Å². The molecular formula is C28H32Cl2N6. The van der Waals surface area contributed by atoms with Crippen molar-refractivity contribution < 1.29 is 0 Å². The van der Waals surface area contributed by atoms with Crippen LogP contribution in [0.5, 0.6) is 0 Å². The van der Waals surface area contributed by atoms with Gasteiger partial charge in [-0.3, -0.25) is 9.80 Å². The van der Waals surface area contributed by atoms with Gasteiger partial charge in [0.05, 0.1) is 0 Å². The third-order valence-corrected chi connectivity index (χ3v) is 7.67. The predicted octanol–water partition coefficient (Wildman–Crippen LogP) is 5.26. The molecule has 3 heterocycles. The molecule has 0 bridgehead atoms. The normalized spacial score (nSPS) is 15.1. The fourth-order valence-corrected chi connectivity index (χ4v) is 5.47. The summed E-state index contributed by atoms with van der Waals surface area (Å²) in [5, 5.41) is 2.72. The molecule has 2 aromatic heterocycles. The summed E-state index contributed by atoms with van der Waals surface area (Å²) in [6.45, 7) is 7.26. The lowest BCUT2D eigenvalue weighted by atomic mass is 10.0. The number of anilines is 1. The van der Waals surface area contributed by atoms with E-state index in [1.807, 2.05) is 36.5 Å². The molecule has 2 aromatic carbocycles. The summed E-state index contributed by atoms with van der Waals surface area (Å²) in [6.07, 6.45) is 5.01. The third-order valence-electron chi connectivity index (χ3n) is 6.96. The van der Waals surface area contributed by atoms with E-state index >= 15 is 0 Å². The summed E-state index contributed by atoms with van der Waals surface area (Å²) in [7, 11) is 0. The Labute approximate surface area is 222 Å². The first-order chi connectivity index (χ1) is 17.5. The minimum atomic E-state index is 0.530. The van der Waals surface area contributed by atoms with Crippen LogP contribution in [0.1, 0.15) is 17.5 Å². The molecule has 6 nitrogen and oxygen atoms in total. The lowest BCUT2D eigenvalue weighted by Crippen LogP contribution is -2.45. The fraction of sp³-hybridized carbons (Fsp3) is 0.321. The summed E-state index contributed by atoms with van der Waals surface area (Å²) < 4.78 is 2.30. The first kappa shape index (κ1) is 25.1. The van der Waals surface area contributed by atoms with Crippen molar-refractivity contribution in [2.75, 3.05) is 38.5 Å². The zero-order valence-electron chi connectivity index (χ0n) is 20.3. The molecule has 0 atom stereocenters. The van der Waals surface area contributed by atoms with E-state index in [1.165, 1.54) is 22.0 Å². The number of benzene rings is 2. The van der Waals surface area contributed by atoms with Gasteiger partial charge in [0.25, 0.3) is 0 Å². The monoisotopic (exact) mass is 522 g/mol. The number of nitrogens with zero attached hydrogens (tertiary/aromatic N) is 4. The van der Waals surface area contributed by atoms with Gasteiger partial charge in [0, 0.05) is 95.8 Å². The second-order valence-electron chi connectivity index (χ2n) is 9.45. The standard InChI is InChI=1S/C28H32Cl2N6/c29-25-3-1-4-26(30)24(25)18-35-13-11-34(12-14-35)17-20-5-7-27-22(15-20)23(19-36(27)10-2-9-31)21-6-8-28(32)33-16-21/h1,3-8,15-16,19H,2,9-14,17-18,31H2,(H2,32,33). The zero-order valence-corrected chi connectivity index (χ0v) is 21.8. The lowest BCUT2D eigenvalue weighted by Gasteiger charge is -2.35. The minimum absolute atomic E-state index is 0.530. The molecule has 0 aliphatic carbocycles. The summed E-state index contributed by atoms with van der Waals surface area (Å²) in [6, 6.07) is 16.4. The average molecular weight is 524 g/mol. The number of nitrogen functional groups attached to an aromatic ring is 1. The van der Waals surface area contributed by atoms with Crippen molar-refractivity contribution >= 4 is 39.9 Å². The van der Waals surface area contributed by atoms with E-state index in [9.17, 15) is 0 Å². The van der Waals surface area contributed by atoms with Crippen molar-refractivity contribution in [2.45, 2.75) is 26.1 Å². The van der Waals surface area contributed by atoms with Gasteiger partial charge in [-0.1, -0.05) is 35.3 Å². The molecule has 188 valence electrons. The van der Waals surface area contributed by atoms with Gasteiger partial charge in [0.2, 0.25) is 0 Å². The number of pyridine rings is 1. The number of aromatic nitrogens is 2. The van der Waals surface area contributed by atoms with Crippen molar-refractivity contribution in [3.63, 3.8) is 0 Å². The van der Waals surface area contributed by atoms with Crippen molar-refractivity contribution in [2.24, 2.45) is 5.73 Å². The molecule has 0 saturated carbocycles. The molecule has 5 rings (SSSR count). The van der Waals surface area contributed by atoms with Crippen molar-refractivity contribution in [1.82, 2.24) is 19.4 Å². The zero-order chi connectivity index (χ0) is 25.1. The van der Waals surface area contributed by atoms with Gasteiger partial charge in [-0.05, 0) is 54.9 Å². The second-order valence-corrected chi connectivity index (χ2v) is 10.3. The van der Waals surface area contributed by atoms with Crippen LogP contribution >= 0.6 is 23.2 Å². The summed E-state index contributed by atoms with van der Waals surface area (Å²) in [5.74, 6) is 0.530. The molecular weight excluding hydrogens is 491 g/mol. The van der Waals surface area contributed by atoms with Crippen LogP contribution in [-0.2, 0) is 19.6 Å². The number of aryl methyl sites for hydroxylation is 1. The van der Waals surface area contributed by atoms with Gasteiger partial charge in [-0.25, -0.2) is 4.98 Å². The Morgan fingerprint density at radius 3 is 2.28 bits per heavy atom. The van der Waals surface area contributed by atoms with Crippen LogP contribution in [0.15, 0.2) is 60.9 Å². The molecule has 0 unspecified atom stereocenters. The third kappa shape index (κ3) is 5.53. The average Bonchev–Trinajstić information content (AvgIpc) is 3.24. The van der Waals surface area contributed by atoms with Crippen LogP contribution in [0, 0.1) is 0 Å². The maximum absolute atomic E-state index is 6.39. The van der Waals surface area contributed by atoms with E-state index in [-0.39, 0.29) is 0 Å². The highest BCUT2D eigenvalue weighted by Gasteiger charge is 2.20. The molecule has 36 heavy (non-hydrogen) atoms. The molecule has 0 spiro atoms. The van der Waals surface area contributed by atoms with Crippen LogP contribution in [-0.4, -0.2) is 52.1 Å². The lowest BCUT2D eigenvalue weighted by molar-refractivity contribution is 0.122. The maximum atomic E-state index is 6.39. The number of nitrogens with two attached hydrogens (primary N) is 2. The highest BCUT2D eigenvalue weighted by atomic mass is 35.5. The molecule has 1 saturated heterocycles. The highest BCUT2D eigenvalue weighted by Crippen LogP contribution is 2.32. The van der Waals surface area contributed by atoms with Crippen LogP contribution in [0.25, 0.3) is 22.0 Å². The summed E-state index contributed by atoms with van der Waals surface area (Å²) >= 11 is 12.8. The van der Waals surface area contributed by atoms with E-state index in [1.54, 1.807) is 0 Å². The van der Waals surface area contributed by atoms with Crippen LogP contribution in [0.4, 0.5) is 5.82 Å². The molecule has 8 heteroatoms. The summed E-state index contributed by atoms with van der Waals surface area (Å²) in [5.41, 5.74) is 17.4. The number of hydrogen-bond donors (Lipinski definition) is 2. The Hall–Kier alpha value is -2.61. The molecule has 1 aliphatic heterocycles. The van der Waals surface area contributed by atoms with Crippen LogP contribution in [0.2, 0.25) is 10.0 Å². The Balaban J connectivity index is 1.31. The second kappa shape index (κ2) is 11.2. The Morgan fingerprint density at radius 2 is 1.61 bits per heavy atom. The number of hydrogen-bond acceptors (Lipinski definition) is 5. The Morgan fingerprint density at radius 1 is 0.889 bits per heavy atom. The highest BCUT2D eigenvalue weighted by molar-refractivity contribution is 6.35. The van der Waals surface area contributed by atoms with Gasteiger partial charge in [0.15, 0.2) is 0 Å². The number of fused-ring (bicyclic) bond motifs is 1. The minimum Gasteiger partial charge on any atom is -0.384 e. The largest absolute Gasteiger partial charge is 0.384 e. The molecule has 1 fully saturated rings. The molecule has 0 radical (unpaired) electrons. The predicted molar refractivity (Wildman–Crippen MR) is 150 cm³/mol. The summed E-state index contributed by atoms with van der Waals surface area (Å²) in [4.78, 5) is 9.26. The van der Waals surface area contributed by atoms with Crippen LogP contribution in [0.3, 0.4) is 0 Å². The van der Waals surface area contributed by atoms with E-state index in [4.69, 9.17) is 34.7 Å². The van der Waals surface area contributed by atoms with Gasteiger partial charge in [-0.2, -0.15) is 0 Å². The van der Waals surface area contributed by atoms with Gasteiger partial charge < -0.3 is 16.0 Å². The van der Waals surface area contributed by atoms with Crippen molar-refractivity contribution in [3.05, 3.63) is 82.1 Å². The van der Waals surface area contributed by atoms with E-state index in [2.05, 4.69) is 43.7 Å². The van der Waals surface area contributed by atoms with Crippen molar-refractivity contribution in [3.8, 4) is 11.1 Å². The van der Waals surface area contributed by atoms with E-state index < -0.39 is 0 Å². The Kier molecular flexibility index (Phi) is 7.79. The fourth-order valence-electron chi connectivity index (χ4n) is 4.95.